The number of carbonyl (C=O) groups excluding carboxylic acids is 2. The fourth-order valence-corrected chi connectivity index (χ4v) is 6.32. The molecule has 0 fully saturated rings. The van der Waals surface area contributed by atoms with E-state index in [9.17, 15) is 18.0 Å². The van der Waals surface area contributed by atoms with Gasteiger partial charge in [-0.2, -0.15) is 0 Å². The summed E-state index contributed by atoms with van der Waals surface area (Å²) in [6.45, 7) is 4.64. The Morgan fingerprint density at radius 2 is 1.52 bits per heavy atom. The first kappa shape index (κ1) is 33.0. The van der Waals surface area contributed by atoms with Gasteiger partial charge in [0.1, 0.15) is 24.1 Å². The number of ether oxygens (including phenoxy) is 2. The highest BCUT2D eigenvalue weighted by molar-refractivity contribution is 7.92. The van der Waals surface area contributed by atoms with E-state index in [1.54, 1.807) is 49.4 Å². The molecule has 0 aliphatic rings. The molecule has 0 aliphatic carbocycles. The Kier molecular flexibility index (Phi) is 11.5. The Morgan fingerprint density at radius 3 is 2.07 bits per heavy atom. The quantitative estimate of drug-likeness (QED) is 0.264. The third kappa shape index (κ3) is 7.67. The topological polar surface area (TPSA) is 105 Å². The highest BCUT2D eigenvalue weighted by Gasteiger charge is 2.35. The van der Waals surface area contributed by atoms with E-state index in [1.165, 1.54) is 43.4 Å². The number of nitrogens with one attached hydrogen (secondary N) is 1. The normalized spacial score (nSPS) is 12.0. The van der Waals surface area contributed by atoms with Crippen molar-refractivity contribution in [2.45, 2.75) is 50.7 Å². The van der Waals surface area contributed by atoms with Gasteiger partial charge in [0.15, 0.2) is 0 Å². The summed E-state index contributed by atoms with van der Waals surface area (Å²) in [4.78, 5) is 28.8. The lowest BCUT2D eigenvalue weighted by Crippen LogP contribution is -2.53. The fourth-order valence-electron chi connectivity index (χ4n) is 4.38. The smallest absolute Gasteiger partial charge is 0.264 e. The van der Waals surface area contributed by atoms with Crippen molar-refractivity contribution in [2.75, 3.05) is 25.1 Å². The lowest BCUT2D eigenvalue weighted by Gasteiger charge is -2.34. The number of hydrogen-bond acceptors (Lipinski definition) is 6. The average Bonchev–Trinajstić information content (AvgIpc) is 2.96. The summed E-state index contributed by atoms with van der Waals surface area (Å²) in [7, 11) is -1.42. The second kappa shape index (κ2) is 14.6. The van der Waals surface area contributed by atoms with E-state index in [2.05, 4.69) is 5.32 Å². The molecule has 9 nitrogen and oxygen atoms in total. The molecule has 1 atom stereocenters. The van der Waals surface area contributed by atoms with Gasteiger partial charge in [0.25, 0.3) is 10.0 Å². The number of sulfonamides is 1. The molecule has 0 saturated carbocycles. The van der Waals surface area contributed by atoms with E-state index < -0.39 is 28.5 Å². The lowest BCUT2D eigenvalue weighted by atomic mass is 10.1. The van der Waals surface area contributed by atoms with Gasteiger partial charge in [-0.25, -0.2) is 8.42 Å². The standard InChI is InChI=1S/C30H35Cl2N3O6S/c1-6-26(30(37)33-20(2)3)34(18-23-24(31)10-9-11-25(23)32)29(36)19-35(27-12-7-8-13-28(27)41-5)42(38,39)22-16-14-21(40-4)15-17-22/h7-17,20,26H,6,18-19H2,1-5H3,(H,33,37)/t26-/m0/s1. The summed E-state index contributed by atoms with van der Waals surface area (Å²) >= 11 is 12.9. The monoisotopic (exact) mass is 635 g/mol. The Balaban J connectivity index is 2.14. The van der Waals surface area contributed by atoms with Crippen molar-refractivity contribution in [1.29, 1.82) is 0 Å². The minimum Gasteiger partial charge on any atom is -0.497 e. The number of anilines is 1. The summed E-state index contributed by atoms with van der Waals surface area (Å²) in [5, 5.41) is 3.48. The molecule has 42 heavy (non-hydrogen) atoms. The van der Waals surface area contributed by atoms with E-state index >= 15 is 0 Å². The average molecular weight is 637 g/mol. The molecule has 3 rings (SSSR count). The minimum atomic E-state index is -4.30. The second-order valence-electron chi connectivity index (χ2n) is 9.67. The van der Waals surface area contributed by atoms with Gasteiger partial charge in [0.2, 0.25) is 11.8 Å². The molecule has 0 bridgehead atoms. The van der Waals surface area contributed by atoms with Gasteiger partial charge in [0, 0.05) is 28.2 Å². The molecule has 0 spiro atoms. The second-order valence-corrected chi connectivity index (χ2v) is 12.3. The number of carbonyl (C=O) groups is 2. The van der Waals surface area contributed by atoms with Gasteiger partial charge in [-0.15, -0.1) is 0 Å². The summed E-state index contributed by atoms with van der Waals surface area (Å²) in [5.74, 6) is -0.308. The zero-order valence-electron chi connectivity index (χ0n) is 24.1. The molecule has 1 N–H and O–H groups in total. The van der Waals surface area contributed by atoms with E-state index in [1.807, 2.05) is 13.8 Å². The van der Waals surface area contributed by atoms with Crippen molar-refractivity contribution in [1.82, 2.24) is 10.2 Å². The summed E-state index contributed by atoms with van der Waals surface area (Å²) in [6, 6.07) is 16.1. The lowest BCUT2D eigenvalue weighted by molar-refractivity contribution is -0.140. The molecule has 0 unspecified atom stereocenters. The van der Waals surface area contributed by atoms with Crippen LogP contribution in [0, 0.1) is 0 Å². The zero-order chi connectivity index (χ0) is 31.0. The predicted molar refractivity (Wildman–Crippen MR) is 165 cm³/mol. The van der Waals surface area contributed by atoms with Crippen molar-refractivity contribution >= 4 is 50.7 Å². The van der Waals surface area contributed by atoms with Crippen LogP contribution in [-0.2, 0) is 26.2 Å². The number of benzene rings is 3. The van der Waals surface area contributed by atoms with Gasteiger partial charge in [-0.3, -0.25) is 13.9 Å². The largest absolute Gasteiger partial charge is 0.497 e. The highest BCUT2D eigenvalue weighted by atomic mass is 35.5. The van der Waals surface area contributed by atoms with Crippen LogP contribution in [0.1, 0.15) is 32.8 Å². The molecule has 3 aromatic rings. The maximum Gasteiger partial charge on any atom is 0.264 e. The summed E-state index contributed by atoms with van der Waals surface area (Å²) < 4.78 is 39.8. The first-order valence-corrected chi connectivity index (χ1v) is 15.5. The van der Waals surface area contributed by atoms with Gasteiger partial charge in [-0.05, 0) is 68.8 Å². The minimum absolute atomic E-state index is 0.0627. The molecule has 0 saturated heterocycles. The maximum atomic E-state index is 14.2. The fraction of sp³-hybridized carbons (Fsp3) is 0.333. The van der Waals surface area contributed by atoms with Crippen LogP contribution < -0.4 is 19.1 Å². The Labute approximate surface area is 257 Å². The molecular formula is C30H35Cl2N3O6S. The number of rotatable bonds is 13. The van der Waals surface area contributed by atoms with Crippen molar-refractivity contribution < 1.29 is 27.5 Å². The van der Waals surface area contributed by atoms with E-state index in [-0.39, 0.29) is 41.2 Å². The predicted octanol–water partition coefficient (Wildman–Crippen LogP) is 5.54. The van der Waals surface area contributed by atoms with Crippen LogP contribution in [0.3, 0.4) is 0 Å². The van der Waals surface area contributed by atoms with Crippen molar-refractivity contribution in [3.05, 3.63) is 82.3 Å². The Hall–Kier alpha value is -3.47. The molecule has 0 heterocycles. The van der Waals surface area contributed by atoms with Crippen LogP contribution >= 0.6 is 23.2 Å². The SMILES string of the molecule is CC[C@@H](C(=O)NC(C)C)N(Cc1c(Cl)cccc1Cl)C(=O)CN(c1ccccc1OC)S(=O)(=O)c1ccc(OC)cc1. The molecule has 0 aliphatic heterocycles. The van der Waals surface area contributed by atoms with Gasteiger partial charge >= 0.3 is 0 Å². The van der Waals surface area contributed by atoms with Crippen LogP contribution in [0.25, 0.3) is 0 Å². The Bertz CT molecular complexity index is 1480. The number of amides is 2. The molecular weight excluding hydrogens is 601 g/mol. The van der Waals surface area contributed by atoms with E-state index in [0.29, 0.717) is 21.4 Å². The third-order valence-electron chi connectivity index (χ3n) is 6.49. The zero-order valence-corrected chi connectivity index (χ0v) is 26.5. The molecule has 0 radical (unpaired) electrons. The van der Waals surface area contributed by atoms with Gasteiger partial charge in [-0.1, -0.05) is 48.3 Å². The van der Waals surface area contributed by atoms with E-state index in [4.69, 9.17) is 32.7 Å². The van der Waals surface area contributed by atoms with Crippen LogP contribution in [0.15, 0.2) is 71.6 Å². The van der Waals surface area contributed by atoms with Gasteiger partial charge in [0.05, 0.1) is 24.8 Å². The van der Waals surface area contributed by atoms with Crippen molar-refractivity contribution in [3.8, 4) is 11.5 Å². The molecule has 226 valence electrons. The third-order valence-corrected chi connectivity index (χ3v) is 8.97. The van der Waals surface area contributed by atoms with Crippen LogP contribution in [0.4, 0.5) is 5.69 Å². The van der Waals surface area contributed by atoms with Crippen LogP contribution in [-0.4, -0.2) is 58.0 Å². The molecule has 12 heteroatoms. The first-order chi connectivity index (χ1) is 19.9. The number of halogens is 2. The Morgan fingerprint density at radius 1 is 0.905 bits per heavy atom. The highest BCUT2D eigenvalue weighted by Crippen LogP contribution is 2.33. The number of para-hydroxylation sites is 2. The summed E-state index contributed by atoms with van der Waals surface area (Å²) in [6.07, 6.45) is 0.256. The van der Waals surface area contributed by atoms with Crippen molar-refractivity contribution in [2.24, 2.45) is 0 Å². The van der Waals surface area contributed by atoms with E-state index in [0.717, 1.165) is 4.31 Å². The molecule has 2 amide bonds. The van der Waals surface area contributed by atoms with Crippen LogP contribution in [0.2, 0.25) is 10.0 Å². The maximum absolute atomic E-state index is 14.2. The van der Waals surface area contributed by atoms with Crippen molar-refractivity contribution in [3.63, 3.8) is 0 Å². The number of hydrogen-bond donors (Lipinski definition) is 1. The first-order valence-electron chi connectivity index (χ1n) is 13.3. The summed E-state index contributed by atoms with van der Waals surface area (Å²) in [5.41, 5.74) is 0.589. The van der Waals surface area contributed by atoms with Crippen LogP contribution in [0.5, 0.6) is 11.5 Å². The molecule has 3 aromatic carbocycles. The number of methoxy groups -OCH3 is 2. The molecule has 0 aromatic heterocycles. The van der Waals surface area contributed by atoms with Gasteiger partial charge < -0.3 is 19.7 Å². The number of nitrogens with zero attached hydrogens (tertiary/aromatic N) is 2.